The van der Waals surface area contributed by atoms with Crippen molar-refractivity contribution in [3.63, 3.8) is 0 Å². The normalized spacial score (nSPS) is 12.4. The Kier molecular flexibility index (Phi) is 9.43. The van der Waals surface area contributed by atoms with E-state index in [9.17, 15) is 0 Å². The molecule has 1 aliphatic carbocycles. The molecule has 10 aromatic carbocycles. The van der Waals surface area contributed by atoms with Crippen LogP contribution in [-0.4, -0.2) is 9.97 Å². The van der Waals surface area contributed by atoms with Crippen molar-refractivity contribution >= 4 is 10.8 Å². The van der Waals surface area contributed by atoms with Crippen molar-refractivity contribution in [2.45, 2.75) is 5.41 Å². The minimum absolute atomic E-state index is 0.437. The van der Waals surface area contributed by atoms with Gasteiger partial charge in [0.2, 0.25) is 0 Å². The molecule has 11 aromatic rings. The zero-order valence-corrected chi connectivity index (χ0v) is 35.6. The first-order chi connectivity index (χ1) is 32.2. The van der Waals surface area contributed by atoms with E-state index in [1.165, 1.54) is 66.6 Å². The second-order valence-electron chi connectivity index (χ2n) is 16.8. The molecule has 0 saturated heterocycles. The molecule has 0 fully saturated rings. The highest BCUT2D eigenvalue weighted by molar-refractivity contribution is 6.05. The lowest BCUT2D eigenvalue weighted by Gasteiger charge is -2.33. The van der Waals surface area contributed by atoms with Crippen LogP contribution in [0.3, 0.4) is 0 Å². The zero-order valence-electron chi connectivity index (χ0n) is 35.6. The molecule has 0 radical (unpaired) electrons. The van der Waals surface area contributed by atoms with E-state index in [4.69, 9.17) is 9.97 Å². The van der Waals surface area contributed by atoms with E-state index in [1.807, 2.05) is 18.2 Å². The summed E-state index contributed by atoms with van der Waals surface area (Å²) in [6, 6.07) is 91.9. The van der Waals surface area contributed by atoms with E-state index < -0.39 is 5.41 Å². The summed E-state index contributed by atoms with van der Waals surface area (Å²) in [5.41, 5.74) is 19.2. The molecule has 0 bridgehead atoms. The number of hydrogen-bond acceptors (Lipinski definition) is 2. The summed E-state index contributed by atoms with van der Waals surface area (Å²) in [6.07, 6.45) is 0. The van der Waals surface area contributed by atoms with Gasteiger partial charge in [0.15, 0.2) is 5.82 Å². The van der Waals surface area contributed by atoms with Crippen molar-refractivity contribution in [2.24, 2.45) is 0 Å². The van der Waals surface area contributed by atoms with Gasteiger partial charge in [0.05, 0.1) is 16.8 Å². The van der Waals surface area contributed by atoms with Crippen LogP contribution < -0.4 is 0 Å². The minimum Gasteiger partial charge on any atom is -0.228 e. The maximum Gasteiger partial charge on any atom is 0.160 e. The highest BCUT2D eigenvalue weighted by Crippen LogP contribution is 2.57. The van der Waals surface area contributed by atoms with Crippen LogP contribution in [0.4, 0.5) is 0 Å². The predicted octanol–water partition coefficient (Wildman–Crippen LogP) is 16.0. The topological polar surface area (TPSA) is 25.8 Å². The lowest BCUT2D eigenvalue weighted by molar-refractivity contribution is 0.768. The number of aromatic nitrogens is 2. The first-order valence-electron chi connectivity index (χ1n) is 22.3. The van der Waals surface area contributed by atoms with E-state index in [0.29, 0.717) is 5.82 Å². The van der Waals surface area contributed by atoms with Gasteiger partial charge in [-0.1, -0.05) is 237 Å². The summed E-state index contributed by atoms with van der Waals surface area (Å²) >= 11 is 0. The fraction of sp³-hybridized carbons (Fsp3) is 0.0159. The Morgan fingerprint density at radius 2 is 0.723 bits per heavy atom. The maximum atomic E-state index is 5.29. The van der Waals surface area contributed by atoms with Gasteiger partial charge in [-0.25, -0.2) is 9.97 Å². The molecule has 0 N–H and O–H groups in total. The van der Waals surface area contributed by atoms with Gasteiger partial charge in [0, 0.05) is 16.7 Å². The molecule has 0 atom stereocenters. The molecule has 0 aliphatic heterocycles. The Bertz CT molecular complexity index is 3470. The van der Waals surface area contributed by atoms with Gasteiger partial charge >= 0.3 is 0 Å². The van der Waals surface area contributed by atoms with Gasteiger partial charge in [0.1, 0.15) is 0 Å². The maximum absolute atomic E-state index is 5.29. The number of rotatable bonds is 8. The van der Waals surface area contributed by atoms with Crippen molar-refractivity contribution in [2.75, 3.05) is 0 Å². The standard InChI is InChI=1S/C63H42N2/c1-5-18-43(19-6-1)47-22-17-23-48(40-47)44-32-34-45(35-33-44)60-42-61(65-62(64-60)46-20-7-2-8-21-46)56-38-37-52(53-28-13-14-29-54(53)56)49-36-39-59-57(41-49)55-30-15-16-31-58(55)63(59,50-24-9-3-10-25-50)51-26-11-4-12-27-51/h1-42H. The zero-order chi connectivity index (χ0) is 43.2. The lowest BCUT2D eigenvalue weighted by atomic mass is 9.67. The van der Waals surface area contributed by atoms with Crippen molar-refractivity contribution in [1.29, 1.82) is 0 Å². The van der Waals surface area contributed by atoms with Crippen LogP contribution in [0.2, 0.25) is 0 Å². The third-order valence-electron chi connectivity index (χ3n) is 13.2. The number of nitrogens with zero attached hydrogens (tertiary/aromatic N) is 2. The van der Waals surface area contributed by atoms with Crippen molar-refractivity contribution in [3.8, 4) is 78.4 Å². The smallest absolute Gasteiger partial charge is 0.160 e. The fourth-order valence-electron chi connectivity index (χ4n) is 10.2. The monoisotopic (exact) mass is 826 g/mol. The third kappa shape index (κ3) is 6.58. The Labute approximate surface area is 379 Å². The molecule has 1 aromatic heterocycles. The summed E-state index contributed by atoms with van der Waals surface area (Å²) < 4.78 is 0. The number of fused-ring (bicyclic) bond motifs is 4. The van der Waals surface area contributed by atoms with E-state index in [0.717, 1.165) is 39.0 Å². The number of benzene rings is 10. The average Bonchev–Trinajstić information content (AvgIpc) is 3.69. The SMILES string of the molecule is c1ccc(-c2cccc(-c3ccc(-c4cc(-c5ccc(-c6ccc7c(c6)-c6ccccc6C7(c6ccccc6)c6ccccc6)c6ccccc56)nc(-c5ccccc5)n4)cc3)c2)cc1. The van der Waals surface area contributed by atoms with Crippen LogP contribution in [-0.2, 0) is 5.41 Å². The highest BCUT2D eigenvalue weighted by Gasteiger charge is 2.46. The molecule has 1 heterocycles. The summed E-state index contributed by atoms with van der Waals surface area (Å²) in [6.45, 7) is 0. The fourth-order valence-corrected chi connectivity index (χ4v) is 10.2. The summed E-state index contributed by atoms with van der Waals surface area (Å²) in [5.74, 6) is 0.698. The Morgan fingerprint density at radius 3 is 1.40 bits per heavy atom. The van der Waals surface area contributed by atoms with Crippen LogP contribution in [0.1, 0.15) is 22.3 Å². The minimum atomic E-state index is -0.437. The molecule has 0 unspecified atom stereocenters. The van der Waals surface area contributed by atoms with Crippen LogP contribution >= 0.6 is 0 Å². The Balaban J connectivity index is 0.970. The molecule has 0 saturated carbocycles. The molecule has 0 amide bonds. The van der Waals surface area contributed by atoms with Crippen molar-refractivity contribution in [1.82, 2.24) is 9.97 Å². The largest absolute Gasteiger partial charge is 0.228 e. The van der Waals surface area contributed by atoms with Gasteiger partial charge in [-0.2, -0.15) is 0 Å². The first kappa shape index (κ1) is 38.2. The summed E-state index contributed by atoms with van der Waals surface area (Å²) in [7, 11) is 0. The summed E-state index contributed by atoms with van der Waals surface area (Å²) in [5, 5.41) is 2.32. The quantitative estimate of drug-likeness (QED) is 0.152. The second kappa shape index (κ2) is 16.0. The number of hydrogen-bond donors (Lipinski definition) is 0. The van der Waals surface area contributed by atoms with Crippen molar-refractivity contribution < 1.29 is 0 Å². The van der Waals surface area contributed by atoms with Gasteiger partial charge in [-0.15, -0.1) is 0 Å². The molecule has 2 heteroatoms. The third-order valence-corrected chi connectivity index (χ3v) is 13.2. The average molecular weight is 827 g/mol. The lowest BCUT2D eigenvalue weighted by Crippen LogP contribution is -2.28. The Morgan fingerprint density at radius 1 is 0.246 bits per heavy atom. The molecule has 65 heavy (non-hydrogen) atoms. The molecular formula is C63H42N2. The highest BCUT2D eigenvalue weighted by atomic mass is 14.9. The first-order valence-corrected chi connectivity index (χ1v) is 22.3. The van der Waals surface area contributed by atoms with Crippen LogP contribution in [0.5, 0.6) is 0 Å². The molecule has 0 spiro atoms. The molecule has 304 valence electrons. The van der Waals surface area contributed by atoms with Gasteiger partial charge < -0.3 is 0 Å². The van der Waals surface area contributed by atoms with E-state index in [1.54, 1.807) is 0 Å². The van der Waals surface area contributed by atoms with Crippen molar-refractivity contribution in [3.05, 3.63) is 277 Å². The van der Waals surface area contributed by atoms with E-state index in [2.05, 4.69) is 237 Å². The van der Waals surface area contributed by atoms with Gasteiger partial charge in [0.25, 0.3) is 0 Å². The van der Waals surface area contributed by atoms with E-state index >= 15 is 0 Å². The van der Waals surface area contributed by atoms with Crippen LogP contribution in [0.15, 0.2) is 255 Å². The molecule has 12 rings (SSSR count). The van der Waals surface area contributed by atoms with Crippen LogP contribution in [0.25, 0.3) is 89.2 Å². The summed E-state index contributed by atoms with van der Waals surface area (Å²) in [4.78, 5) is 10.5. The molecule has 1 aliphatic rings. The Hall–Kier alpha value is -8.46. The van der Waals surface area contributed by atoms with E-state index in [-0.39, 0.29) is 0 Å². The van der Waals surface area contributed by atoms with Gasteiger partial charge in [-0.05, 0) is 95.7 Å². The second-order valence-corrected chi connectivity index (χ2v) is 16.8. The molecular weight excluding hydrogens is 785 g/mol. The molecule has 2 nitrogen and oxygen atoms in total. The predicted molar refractivity (Wildman–Crippen MR) is 269 cm³/mol. The van der Waals surface area contributed by atoms with Gasteiger partial charge in [-0.3, -0.25) is 0 Å². The van der Waals surface area contributed by atoms with Crippen LogP contribution in [0, 0.1) is 0 Å².